The Morgan fingerprint density at radius 2 is 2.15 bits per heavy atom. The highest BCUT2D eigenvalue weighted by molar-refractivity contribution is 7.89. The van der Waals surface area contributed by atoms with Gasteiger partial charge in [-0.3, -0.25) is 0 Å². The van der Waals surface area contributed by atoms with Crippen LogP contribution in [0.25, 0.3) is 0 Å². The molecule has 2 N–H and O–H groups in total. The van der Waals surface area contributed by atoms with E-state index in [0.29, 0.717) is 12.5 Å². The minimum absolute atomic E-state index is 0.0141. The Morgan fingerprint density at radius 1 is 1.45 bits per heavy atom. The van der Waals surface area contributed by atoms with E-state index in [2.05, 4.69) is 4.72 Å². The van der Waals surface area contributed by atoms with Crippen molar-refractivity contribution in [3.8, 4) is 5.75 Å². The van der Waals surface area contributed by atoms with Gasteiger partial charge < -0.3 is 9.84 Å². The summed E-state index contributed by atoms with van der Waals surface area (Å²) in [4.78, 5) is 10.8. The van der Waals surface area contributed by atoms with Gasteiger partial charge in [0.05, 0.1) is 12.7 Å². The summed E-state index contributed by atoms with van der Waals surface area (Å²) < 4.78 is 31.9. The van der Waals surface area contributed by atoms with E-state index in [-0.39, 0.29) is 16.2 Å². The molecular weight excluding hydrogens is 282 g/mol. The molecule has 110 valence electrons. The van der Waals surface area contributed by atoms with Crippen LogP contribution in [0.1, 0.15) is 29.6 Å². The lowest BCUT2D eigenvalue weighted by molar-refractivity contribution is 0.0696. The highest BCUT2D eigenvalue weighted by Gasteiger charge is 2.24. The third kappa shape index (κ3) is 3.10. The van der Waals surface area contributed by atoms with E-state index >= 15 is 0 Å². The number of rotatable bonds is 6. The molecule has 2 rings (SSSR count). The molecule has 0 heterocycles. The van der Waals surface area contributed by atoms with Crippen LogP contribution >= 0.6 is 0 Å². The van der Waals surface area contributed by atoms with Gasteiger partial charge in [-0.05, 0) is 37.0 Å². The highest BCUT2D eigenvalue weighted by Crippen LogP contribution is 2.28. The van der Waals surface area contributed by atoms with Crippen LogP contribution in [-0.4, -0.2) is 33.1 Å². The minimum atomic E-state index is -3.68. The molecule has 0 aliphatic heterocycles. The molecule has 1 aliphatic carbocycles. The molecule has 0 saturated heterocycles. The zero-order chi connectivity index (χ0) is 14.8. The number of hydrogen-bond acceptors (Lipinski definition) is 4. The Morgan fingerprint density at radius 3 is 2.65 bits per heavy atom. The van der Waals surface area contributed by atoms with E-state index in [4.69, 9.17) is 9.84 Å². The molecule has 6 nitrogen and oxygen atoms in total. The van der Waals surface area contributed by atoms with Gasteiger partial charge in [0.25, 0.3) is 0 Å². The molecule has 1 aromatic carbocycles. The number of ether oxygens (including phenoxy) is 1. The van der Waals surface area contributed by atoms with Crippen LogP contribution in [0.2, 0.25) is 0 Å². The Bertz CT molecular complexity index is 607. The monoisotopic (exact) mass is 299 g/mol. The van der Waals surface area contributed by atoms with E-state index in [9.17, 15) is 13.2 Å². The summed E-state index contributed by atoms with van der Waals surface area (Å²) in [6.07, 6.45) is 3.22. The highest BCUT2D eigenvalue weighted by atomic mass is 32.2. The first kappa shape index (κ1) is 14.8. The Hall–Kier alpha value is -1.60. The Labute approximate surface area is 117 Å². The van der Waals surface area contributed by atoms with E-state index in [0.717, 1.165) is 19.3 Å². The zero-order valence-corrected chi connectivity index (χ0v) is 11.9. The smallest absolute Gasteiger partial charge is 0.335 e. The van der Waals surface area contributed by atoms with Crippen molar-refractivity contribution in [3.63, 3.8) is 0 Å². The molecule has 7 heteroatoms. The second-order valence-corrected chi connectivity index (χ2v) is 6.55. The topological polar surface area (TPSA) is 92.7 Å². The standard InChI is InChI=1S/C13H17NO5S/c1-19-11-7-10(13(15)16)5-6-12(11)20(17,18)14-8-9-3-2-4-9/h5-7,9,14H,2-4,8H2,1H3,(H,15,16). The van der Waals surface area contributed by atoms with Crippen molar-refractivity contribution in [2.75, 3.05) is 13.7 Å². The van der Waals surface area contributed by atoms with Crippen LogP contribution in [0.3, 0.4) is 0 Å². The number of benzene rings is 1. The number of carbonyl (C=O) groups is 1. The Balaban J connectivity index is 2.23. The van der Waals surface area contributed by atoms with Crippen LogP contribution in [0.5, 0.6) is 5.75 Å². The van der Waals surface area contributed by atoms with Gasteiger partial charge in [0.1, 0.15) is 10.6 Å². The van der Waals surface area contributed by atoms with Crippen LogP contribution in [0.15, 0.2) is 23.1 Å². The van der Waals surface area contributed by atoms with Crippen LogP contribution < -0.4 is 9.46 Å². The van der Waals surface area contributed by atoms with Gasteiger partial charge in [-0.1, -0.05) is 6.42 Å². The summed E-state index contributed by atoms with van der Waals surface area (Å²) in [6, 6.07) is 3.72. The first-order valence-corrected chi connectivity index (χ1v) is 7.83. The lowest BCUT2D eigenvalue weighted by atomic mass is 9.86. The second-order valence-electron chi connectivity index (χ2n) is 4.82. The number of carboxylic acids is 1. The van der Waals surface area contributed by atoms with Gasteiger partial charge in [-0.15, -0.1) is 0 Å². The van der Waals surface area contributed by atoms with Crippen molar-refractivity contribution in [1.29, 1.82) is 0 Å². The molecule has 0 radical (unpaired) electrons. The average molecular weight is 299 g/mol. The van der Waals surface area contributed by atoms with Gasteiger partial charge in [-0.2, -0.15) is 0 Å². The van der Waals surface area contributed by atoms with Crippen molar-refractivity contribution in [2.24, 2.45) is 5.92 Å². The predicted octanol–water partition coefficient (Wildman–Crippen LogP) is 1.47. The molecule has 0 bridgehead atoms. The number of aromatic carboxylic acids is 1. The van der Waals surface area contributed by atoms with Crippen LogP contribution in [0, 0.1) is 5.92 Å². The van der Waals surface area contributed by atoms with Crippen LogP contribution in [-0.2, 0) is 10.0 Å². The fraction of sp³-hybridized carbons (Fsp3) is 0.462. The van der Waals surface area contributed by atoms with E-state index in [1.807, 2.05) is 0 Å². The maximum Gasteiger partial charge on any atom is 0.335 e. The summed E-state index contributed by atoms with van der Waals surface area (Å²) in [5.41, 5.74) is -0.0141. The number of nitrogens with one attached hydrogen (secondary N) is 1. The molecule has 1 saturated carbocycles. The first-order chi connectivity index (χ1) is 9.44. The molecule has 0 aromatic heterocycles. The van der Waals surface area contributed by atoms with Crippen molar-refractivity contribution in [1.82, 2.24) is 4.72 Å². The molecular formula is C13H17NO5S. The van der Waals surface area contributed by atoms with Gasteiger partial charge in [0, 0.05) is 6.54 Å². The molecule has 0 atom stereocenters. The second kappa shape index (κ2) is 5.80. The summed E-state index contributed by atoms with van der Waals surface area (Å²) in [5.74, 6) is -0.699. The fourth-order valence-electron chi connectivity index (χ4n) is 2.02. The quantitative estimate of drug-likeness (QED) is 0.830. The van der Waals surface area contributed by atoms with Crippen molar-refractivity contribution >= 4 is 16.0 Å². The van der Waals surface area contributed by atoms with E-state index in [1.54, 1.807) is 0 Å². The normalized spacial score (nSPS) is 15.7. The van der Waals surface area contributed by atoms with E-state index < -0.39 is 16.0 Å². The lowest BCUT2D eigenvalue weighted by Crippen LogP contribution is -2.32. The zero-order valence-electron chi connectivity index (χ0n) is 11.1. The summed E-state index contributed by atoms with van der Waals surface area (Å²) >= 11 is 0. The molecule has 0 spiro atoms. The average Bonchev–Trinajstić information content (AvgIpc) is 2.35. The largest absolute Gasteiger partial charge is 0.495 e. The fourth-order valence-corrected chi connectivity index (χ4v) is 3.29. The van der Waals surface area contributed by atoms with Crippen molar-refractivity contribution in [2.45, 2.75) is 24.2 Å². The SMILES string of the molecule is COc1cc(C(=O)O)ccc1S(=O)(=O)NCC1CCC1. The van der Waals surface area contributed by atoms with Gasteiger partial charge in [0.15, 0.2) is 0 Å². The number of hydrogen-bond donors (Lipinski definition) is 2. The molecule has 20 heavy (non-hydrogen) atoms. The van der Waals surface area contributed by atoms with Gasteiger partial charge >= 0.3 is 5.97 Å². The van der Waals surface area contributed by atoms with Crippen molar-refractivity contribution in [3.05, 3.63) is 23.8 Å². The predicted molar refractivity (Wildman–Crippen MR) is 72.5 cm³/mol. The van der Waals surface area contributed by atoms with Gasteiger partial charge in [-0.25, -0.2) is 17.9 Å². The van der Waals surface area contributed by atoms with Crippen LogP contribution in [0.4, 0.5) is 0 Å². The summed E-state index contributed by atoms with van der Waals surface area (Å²) in [6.45, 7) is 0.409. The third-order valence-electron chi connectivity index (χ3n) is 3.49. The van der Waals surface area contributed by atoms with Crippen molar-refractivity contribution < 1.29 is 23.1 Å². The number of sulfonamides is 1. The van der Waals surface area contributed by atoms with E-state index in [1.165, 1.54) is 25.3 Å². The third-order valence-corrected chi connectivity index (χ3v) is 4.95. The number of carboxylic acid groups (broad SMARTS) is 1. The number of methoxy groups -OCH3 is 1. The summed E-state index contributed by atoms with van der Waals surface area (Å²) in [7, 11) is -2.37. The molecule has 1 aromatic rings. The Kier molecular flexibility index (Phi) is 4.29. The minimum Gasteiger partial charge on any atom is -0.495 e. The molecule has 1 fully saturated rings. The maximum absolute atomic E-state index is 12.2. The lowest BCUT2D eigenvalue weighted by Gasteiger charge is -2.25. The molecule has 1 aliphatic rings. The molecule has 0 amide bonds. The molecule has 0 unspecified atom stereocenters. The van der Waals surface area contributed by atoms with Gasteiger partial charge in [0.2, 0.25) is 10.0 Å². The summed E-state index contributed by atoms with van der Waals surface area (Å²) in [5, 5.41) is 8.89. The first-order valence-electron chi connectivity index (χ1n) is 6.35. The maximum atomic E-state index is 12.2.